The number of esters is 1. The number of thiazole rings is 1. The van der Waals surface area contributed by atoms with Crippen molar-refractivity contribution < 1.29 is 32.3 Å². The quantitative estimate of drug-likeness (QED) is 0.163. The van der Waals surface area contributed by atoms with Gasteiger partial charge in [-0.1, -0.05) is 26.8 Å². The average molecular weight is 1050 g/mol. The van der Waals surface area contributed by atoms with Crippen molar-refractivity contribution in [2.75, 3.05) is 59.2 Å². The molecule has 18 nitrogen and oxygen atoms in total. The van der Waals surface area contributed by atoms with Gasteiger partial charge in [-0.15, -0.1) is 11.3 Å². The third kappa shape index (κ3) is 8.84. The Kier molecular flexibility index (Phi) is 12.6. The van der Waals surface area contributed by atoms with E-state index < -0.39 is 56.9 Å². The van der Waals surface area contributed by atoms with Crippen molar-refractivity contribution in [2.45, 2.75) is 120 Å². The minimum absolute atomic E-state index is 0.0422. The summed E-state index contributed by atoms with van der Waals surface area (Å²) in [5, 5.41) is 8.47. The molecule has 6 bridgehead atoms. The number of rotatable bonds is 10. The van der Waals surface area contributed by atoms with Crippen molar-refractivity contribution in [1.82, 2.24) is 54.4 Å². The first kappa shape index (κ1) is 49.6. The Bertz CT molecular complexity index is 3110. The molecule has 5 aliphatic heterocycles. The Labute approximate surface area is 436 Å². The lowest BCUT2D eigenvalue weighted by Gasteiger charge is -2.55. The molecule has 4 saturated heterocycles. The normalized spacial score (nSPS) is 28.1. The van der Waals surface area contributed by atoms with Gasteiger partial charge in [0.1, 0.15) is 23.4 Å². The highest BCUT2D eigenvalue weighted by molar-refractivity contribution is 7.88. The van der Waals surface area contributed by atoms with Crippen LogP contribution in [0, 0.1) is 17.3 Å². The Morgan fingerprint density at radius 3 is 2.57 bits per heavy atom. The number of hydrogen-bond donors (Lipinski definition) is 2. The van der Waals surface area contributed by atoms with Gasteiger partial charge in [0.15, 0.2) is 0 Å². The molecule has 2 saturated carbocycles. The maximum Gasteiger partial charge on any atom is 0.324 e. The average Bonchev–Trinajstić information content (AvgIpc) is 4.16. The van der Waals surface area contributed by atoms with E-state index >= 15 is 4.79 Å². The van der Waals surface area contributed by atoms with Crippen molar-refractivity contribution in [2.24, 2.45) is 17.3 Å². The summed E-state index contributed by atoms with van der Waals surface area (Å²) in [7, 11) is -1.83. The number of hydrazine groups is 1. The fourth-order valence-electron chi connectivity index (χ4n) is 13.1. The molecular weight excluding hydrogens is 979 g/mol. The van der Waals surface area contributed by atoms with Crippen molar-refractivity contribution in [3.05, 3.63) is 82.5 Å². The Morgan fingerprint density at radius 1 is 1.01 bits per heavy atom. The molecule has 2 N–H and O–H groups in total. The summed E-state index contributed by atoms with van der Waals surface area (Å²) in [6.45, 7) is 11.8. The number of aromatic nitrogens is 5. The summed E-state index contributed by atoms with van der Waals surface area (Å²) in [6.07, 6.45) is 11.4. The zero-order chi connectivity index (χ0) is 51.4. The largest absolute Gasteiger partial charge is 0.464 e. The van der Waals surface area contributed by atoms with Gasteiger partial charge in [-0.25, -0.2) is 28.8 Å². The summed E-state index contributed by atoms with van der Waals surface area (Å²) < 4.78 is 42.9. The Morgan fingerprint density at radius 2 is 1.82 bits per heavy atom. The first-order chi connectivity index (χ1) is 35.5. The number of likely N-dealkylation sites (tertiary alicyclic amines) is 2. The molecule has 2 amide bonds. The van der Waals surface area contributed by atoms with Crippen LogP contribution in [0.5, 0.6) is 0 Å². The number of benzene rings is 1. The molecular formula is C54H67N11O7S2. The van der Waals surface area contributed by atoms with E-state index in [1.165, 1.54) is 41.8 Å². The van der Waals surface area contributed by atoms with Crippen LogP contribution in [0.25, 0.3) is 33.4 Å². The summed E-state index contributed by atoms with van der Waals surface area (Å²) in [5.74, 6) is -1.80. The molecule has 4 aromatic heterocycles. The number of carbonyl (C=O) groups is 3. The van der Waals surface area contributed by atoms with Gasteiger partial charge >= 0.3 is 5.97 Å². The van der Waals surface area contributed by atoms with Gasteiger partial charge in [-0.05, 0) is 93.7 Å². The fourth-order valence-corrected chi connectivity index (χ4v) is 15.4. The molecule has 0 unspecified atom stereocenters. The first-order valence-electron chi connectivity index (χ1n) is 26.4. The lowest BCUT2D eigenvalue weighted by Crippen LogP contribution is -2.71. The van der Waals surface area contributed by atoms with Crippen LogP contribution in [0.4, 0.5) is 0 Å². The van der Waals surface area contributed by atoms with E-state index in [0.717, 1.165) is 69.9 Å². The molecule has 20 heteroatoms. The van der Waals surface area contributed by atoms with Crippen molar-refractivity contribution >= 4 is 50.0 Å². The van der Waals surface area contributed by atoms with Gasteiger partial charge in [-0.3, -0.25) is 34.2 Å². The SMILES string of the molecule is CO[C@@H](C)c1ncccc1-c1c2c3cc(ccc3n1C1CN(C3CC3)C1)-c1csc(n1)[C@@H](N1CC3(CCCN3S(C)(=O)=O)C1)[C@H](NC(=O)[C@@H]1[C@@H](C)[C@H]1c1ccncn1)C(=O)N1CCC[C@H](N1)C(=O)OCC(C)(C)C2. The standard InChI is InChI=1S/C54H67N11O7S2/c1-31-43(39-16-19-55-30-57-39)44(31)49(66)59-46-48(62-27-54(28-62)17-9-21-64(54)74(6,69)70)50-58-41(26-73-50)33-12-15-42-37(22-33)38(23-53(3,4)29-72-52(68)40-11-8-20-63(60-40)51(46)67)47(36-10-7-18-56-45(36)32(2)71-5)65(42)35-24-61(25-35)34-13-14-34/h7,10,12,15-16,18-19,22,26,30-32,34-35,40,43-44,46,48,60H,8-9,11,13-14,17,20-21,23-25,27-29H2,1-6H3,(H,59,66)/t31-,32-,40-,43-,44+,46-,48-/m0/s1. The maximum atomic E-state index is 15.5. The van der Waals surface area contributed by atoms with Crippen molar-refractivity contribution in [3.63, 3.8) is 0 Å². The summed E-state index contributed by atoms with van der Waals surface area (Å²) in [6, 6.07) is 10.6. The number of fused-ring (bicyclic) bond motifs is 6. The number of nitrogens with zero attached hydrogens (tertiary/aromatic N) is 9. The van der Waals surface area contributed by atoms with Crippen LogP contribution in [-0.2, 0) is 40.3 Å². The molecule has 2 aliphatic carbocycles. The number of ether oxygens (including phenoxy) is 2. The number of nitrogens with one attached hydrogen (secondary N) is 2. The van der Waals surface area contributed by atoms with Crippen LogP contribution in [0.15, 0.2) is 60.5 Å². The number of pyridine rings is 1. The van der Waals surface area contributed by atoms with Crippen LogP contribution in [0.1, 0.15) is 112 Å². The van der Waals surface area contributed by atoms with E-state index in [4.69, 9.17) is 19.4 Å². The molecule has 74 heavy (non-hydrogen) atoms. The molecule has 392 valence electrons. The van der Waals surface area contributed by atoms with Crippen LogP contribution in [0.3, 0.4) is 0 Å². The molecule has 0 radical (unpaired) electrons. The lowest BCUT2D eigenvalue weighted by molar-refractivity contribution is -0.156. The van der Waals surface area contributed by atoms with Gasteiger partial charge in [0.05, 0.1) is 53.7 Å². The minimum atomic E-state index is -3.54. The third-order valence-electron chi connectivity index (χ3n) is 17.2. The Hall–Kier alpha value is -5.22. The predicted molar refractivity (Wildman–Crippen MR) is 279 cm³/mol. The van der Waals surface area contributed by atoms with Gasteiger partial charge in [0.25, 0.3) is 5.91 Å². The molecule has 1 aromatic carbocycles. The van der Waals surface area contributed by atoms with Gasteiger partial charge < -0.3 is 19.4 Å². The molecule has 5 aromatic rings. The molecule has 9 heterocycles. The summed E-state index contributed by atoms with van der Waals surface area (Å²) in [5.41, 5.74) is 9.63. The Balaban J connectivity index is 1.01. The highest BCUT2D eigenvalue weighted by atomic mass is 32.2. The fraction of sp³-hybridized carbons (Fsp3) is 0.574. The van der Waals surface area contributed by atoms with Gasteiger partial charge in [0, 0.05) is 115 Å². The monoisotopic (exact) mass is 1050 g/mol. The number of amides is 2. The van der Waals surface area contributed by atoms with E-state index in [1.807, 2.05) is 37.6 Å². The molecule has 12 rings (SSSR count). The smallest absolute Gasteiger partial charge is 0.324 e. The summed E-state index contributed by atoms with van der Waals surface area (Å²) in [4.78, 5) is 68.3. The van der Waals surface area contributed by atoms with Crippen LogP contribution >= 0.6 is 11.3 Å². The third-order valence-corrected chi connectivity index (χ3v) is 19.4. The van der Waals surface area contributed by atoms with E-state index in [1.54, 1.807) is 17.6 Å². The highest BCUT2D eigenvalue weighted by Gasteiger charge is 2.59. The van der Waals surface area contributed by atoms with E-state index in [-0.39, 0.29) is 36.5 Å². The minimum Gasteiger partial charge on any atom is -0.464 e. The van der Waals surface area contributed by atoms with E-state index in [0.29, 0.717) is 62.9 Å². The topological polar surface area (TPSA) is 197 Å². The number of cyclic esters (lactones) is 1. The van der Waals surface area contributed by atoms with Gasteiger partial charge in [-0.2, -0.15) is 4.31 Å². The first-order valence-corrected chi connectivity index (χ1v) is 29.1. The molecule has 1 spiro atoms. The maximum absolute atomic E-state index is 15.5. The summed E-state index contributed by atoms with van der Waals surface area (Å²) >= 11 is 1.43. The number of methoxy groups -OCH3 is 1. The highest BCUT2D eigenvalue weighted by Crippen LogP contribution is 2.54. The second-order valence-electron chi connectivity index (χ2n) is 23.0. The zero-order valence-electron chi connectivity index (χ0n) is 43.1. The molecule has 7 atom stereocenters. The van der Waals surface area contributed by atoms with E-state index in [9.17, 15) is 18.0 Å². The second kappa shape index (κ2) is 18.8. The second-order valence-corrected chi connectivity index (χ2v) is 25.8. The number of sulfonamides is 1. The van der Waals surface area contributed by atoms with Crippen LogP contribution < -0.4 is 10.7 Å². The molecule has 6 fully saturated rings. The molecule has 7 aliphatic rings. The number of carbonyl (C=O) groups excluding carboxylic acids is 3. The van der Waals surface area contributed by atoms with Crippen LogP contribution in [0.2, 0.25) is 0 Å². The zero-order valence-corrected chi connectivity index (χ0v) is 44.7. The van der Waals surface area contributed by atoms with Crippen LogP contribution in [-0.4, -0.2) is 153 Å². The predicted octanol–water partition coefficient (Wildman–Crippen LogP) is 5.65. The lowest BCUT2D eigenvalue weighted by atomic mass is 9.84. The van der Waals surface area contributed by atoms with Gasteiger partial charge in [0.2, 0.25) is 15.9 Å². The van der Waals surface area contributed by atoms with Crippen molar-refractivity contribution in [3.8, 4) is 22.5 Å². The van der Waals surface area contributed by atoms with Crippen molar-refractivity contribution in [1.29, 1.82) is 0 Å². The number of hydrogen-bond acceptors (Lipinski definition) is 15. The van der Waals surface area contributed by atoms with E-state index in [2.05, 4.69) is 73.2 Å².